The number of amides is 1. The van der Waals surface area contributed by atoms with Crippen molar-refractivity contribution < 1.29 is 28.9 Å². The standard InChI is InChI=1S/C28H29ClFN7O6/c1-14(25(39)34-22(12-38)16-5-18(30)9-20(7-16)43-2)36-13-32-37-11-17(8-23(37)26(36)40)24-21(29)10-31-28(35-24)33-19-4-3-15(6-19)27(41)42/h5,7-11,13-15,19,22,38H,3-4,6,12H2,1-2H3,(H,34,39)(H,41,42)(H,31,33,35)/t14?,15-,19+,22-/m1/s1. The zero-order valence-corrected chi connectivity index (χ0v) is 24.0. The maximum absolute atomic E-state index is 14.0. The summed E-state index contributed by atoms with van der Waals surface area (Å²) in [4.78, 5) is 46.5. The Kier molecular flexibility index (Phi) is 8.59. The van der Waals surface area contributed by atoms with Crippen LogP contribution in [0.5, 0.6) is 5.75 Å². The van der Waals surface area contributed by atoms with Gasteiger partial charge >= 0.3 is 5.97 Å². The van der Waals surface area contributed by atoms with Crippen molar-refractivity contribution in [2.24, 2.45) is 5.92 Å². The molecule has 0 bridgehead atoms. The van der Waals surface area contributed by atoms with Crippen LogP contribution in [0.3, 0.4) is 0 Å². The molecule has 15 heteroatoms. The molecule has 226 valence electrons. The third kappa shape index (κ3) is 6.29. The lowest BCUT2D eigenvalue weighted by atomic mass is 10.1. The van der Waals surface area contributed by atoms with Crippen LogP contribution < -0.4 is 20.9 Å². The zero-order valence-electron chi connectivity index (χ0n) is 23.2. The van der Waals surface area contributed by atoms with Gasteiger partial charge in [0.2, 0.25) is 11.9 Å². The lowest BCUT2D eigenvalue weighted by molar-refractivity contribution is -0.141. The van der Waals surface area contributed by atoms with E-state index in [1.165, 1.54) is 49.3 Å². The summed E-state index contributed by atoms with van der Waals surface area (Å²) in [7, 11) is 1.37. The number of benzene rings is 1. The average Bonchev–Trinajstić information content (AvgIpc) is 3.64. The van der Waals surface area contributed by atoms with Gasteiger partial charge in [-0.3, -0.25) is 19.0 Å². The van der Waals surface area contributed by atoms with Crippen molar-refractivity contribution in [3.63, 3.8) is 0 Å². The molecule has 3 heterocycles. The number of carboxylic acids is 1. The van der Waals surface area contributed by atoms with E-state index < -0.39 is 47.9 Å². The van der Waals surface area contributed by atoms with E-state index in [1.54, 1.807) is 12.3 Å². The summed E-state index contributed by atoms with van der Waals surface area (Å²) < 4.78 is 21.6. The molecule has 1 unspecified atom stereocenters. The molecule has 4 N–H and O–H groups in total. The summed E-state index contributed by atoms with van der Waals surface area (Å²) in [5, 5.41) is 29.5. The van der Waals surface area contributed by atoms with Gasteiger partial charge in [-0.2, -0.15) is 5.10 Å². The number of anilines is 1. The second-order valence-corrected chi connectivity index (χ2v) is 10.7. The van der Waals surface area contributed by atoms with E-state index in [0.717, 1.165) is 4.57 Å². The molecule has 1 aromatic carbocycles. The quantitative estimate of drug-likeness (QED) is 0.208. The molecule has 4 aromatic rings. The van der Waals surface area contributed by atoms with Gasteiger partial charge in [-0.1, -0.05) is 11.6 Å². The Labute approximate surface area is 249 Å². The van der Waals surface area contributed by atoms with Crippen LogP contribution in [0.2, 0.25) is 5.02 Å². The van der Waals surface area contributed by atoms with Crippen molar-refractivity contribution in [1.82, 2.24) is 29.5 Å². The second-order valence-electron chi connectivity index (χ2n) is 10.3. The molecule has 1 amide bonds. The number of aliphatic carboxylic acids is 1. The summed E-state index contributed by atoms with van der Waals surface area (Å²) in [5.41, 5.74) is 0.735. The van der Waals surface area contributed by atoms with Crippen LogP contribution in [-0.2, 0) is 9.59 Å². The van der Waals surface area contributed by atoms with Crippen LogP contribution in [-0.4, -0.2) is 66.0 Å². The second kappa shape index (κ2) is 12.4. The fraction of sp³-hybridized carbons (Fsp3) is 0.357. The number of ether oxygens (including phenoxy) is 1. The highest BCUT2D eigenvalue weighted by atomic mass is 35.5. The first-order valence-corrected chi connectivity index (χ1v) is 13.8. The zero-order chi connectivity index (χ0) is 30.8. The predicted octanol–water partition coefficient (Wildman–Crippen LogP) is 2.83. The molecule has 1 saturated carbocycles. The number of nitrogens with one attached hydrogen (secondary N) is 2. The Morgan fingerprint density at radius 2 is 2.05 bits per heavy atom. The van der Waals surface area contributed by atoms with Gasteiger partial charge in [0, 0.05) is 23.9 Å². The predicted molar refractivity (Wildman–Crippen MR) is 154 cm³/mol. The summed E-state index contributed by atoms with van der Waals surface area (Å²) in [5.74, 6) is -1.94. The van der Waals surface area contributed by atoms with Crippen molar-refractivity contribution in [3.8, 4) is 17.0 Å². The van der Waals surface area contributed by atoms with E-state index in [0.29, 0.717) is 36.1 Å². The largest absolute Gasteiger partial charge is 0.497 e. The lowest BCUT2D eigenvalue weighted by Crippen LogP contribution is -2.39. The number of carboxylic acid groups (broad SMARTS) is 1. The molecule has 0 radical (unpaired) electrons. The molecular weight excluding hydrogens is 585 g/mol. The number of rotatable bonds is 10. The van der Waals surface area contributed by atoms with E-state index in [-0.39, 0.29) is 28.3 Å². The molecule has 1 aliphatic rings. The number of nitrogens with zero attached hydrogens (tertiary/aromatic N) is 5. The minimum atomic E-state index is -1.03. The molecule has 0 aliphatic heterocycles. The monoisotopic (exact) mass is 613 g/mol. The van der Waals surface area contributed by atoms with Crippen molar-refractivity contribution in [1.29, 1.82) is 0 Å². The van der Waals surface area contributed by atoms with E-state index in [1.807, 2.05) is 0 Å². The number of fused-ring (bicyclic) bond motifs is 1. The average molecular weight is 614 g/mol. The number of halogens is 2. The van der Waals surface area contributed by atoms with Crippen molar-refractivity contribution >= 4 is 34.9 Å². The first kappa shape index (κ1) is 29.9. The highest BCUT2D eigenvalue weighted by molar-refractivity contribution is 6.32. The lowest BCUT2D eigenvalue weighted by Gasteiger charge is -2.21. The van der Waals surface area contributed by atoms with Crippen LogP contribution >= 0.6 is 11.6 Å². The third-order valence-electron chi connectivity index (χ3n) is 7.51. The van der Waals surface area contributed by atoms with E-state index in [9.17, 15) is 29.0 Å². The number of carbonyl (C=O) groups excluding carboxylic acids is 1. The maximum atomic E-state index is 14.0. The molecule has 0 saturated heterocycles. The number of methoxy groups -OCH3 is 1. The number of hydrogen-bond acceptors (Lipinski definition) is 9. The van der Waals surface area contributed by atoms with Crippen LogP contribution in [0.4, 0.5) is 10.3 Å². The smallest absolute Gasteiger partial charge is 0.306 e. The van der Waals surface area contributed by atoms with Crippen molar-refractivity contribution in [2.75, 3.05) is 19.0 Å². The Morgan fingerprint density at radius 3 is 2.74 bits per heavy atom. The molecule has 5 rings (SSSR count). The van der Waals surface area contributed by atoms with Crippen molar-refractivity contribution in [3.05, 3.63) is 69.7 Å². The van der Waals surface area contributed by atoms with Gasteiger partial charge in [-0.25, -0.2) is 18.9 Å². The highest BCUT2D eigenvalue weighted by Gasteiger charge is 2.30. The van der Waals surface area contributed by atoms with E-state index >= 15 is 0 Å². The van der Waals surface area contributed by atoms with Gasteiger partial charge in [0.25, 0.3) is 5.56 Å². The minimum Gasteiger partial charge on any atom is -0.497 e. The number of hydrogen-bond donors (Lipinski definition) is 4. The summed E-state index contributed by atoms with van der Waals surface area (Å²) in [6.45, 7) is 0.979. The SMILES string of the molecule is COc1cc(F)cc([C@@H](CO)NC(=O)C(C)n2cnn3cc(-c4nc(N[C@H]5CC[C@@H](C(=O)O)C5)ncc4Cl)cc3c2=O)c1. The van der Waals surface area contributed by atoms with Crippen LogP contribution in [0.25, 0.3) is 16.8 Å². The Bertz CT molecular complexity index is 1740. The molecule has 4 atom stereocenters. The fourth-order valence-corrected chi connectivity index (χ4v) is 5.32. The summed E-state index contributed by atoms with van der Waals surface area (Å²) >= 11 is 6.40. The van der Waals surface area contributed by atoms with E-state index in [4.69, 9.17) is 16.3 Å². The molecule has 1 aliphatic carbocycles. The first-order valence-electron chi connectivity index (χ1n) is 13.5. The number of aromatic nitrogens is 5. The highest BCUT2D eigenvalue weighted by Crippen LogP contribution is 2.30. The topological polar surface area (TPSA) is 173 Å². The van der Waals surface area contributed by atoms with Crippen LogP contribution in [0.1, 0.15) is 43.8 Å². The first-order chi connectivity index (χ1) is 20.6. The third-order valence-corrected chi connectivity index (χ3v) is 7.79. The van der Waals surface area contributed by atoms with Gasteiger partial charge < -0.3 is 25.6 Å². The number of carbonyl (C=O) groups is 2. The Morgan fingerprint density at radius 1 is 1.26 bits per heavy atom. The van der Waals surface area contributed by atoms with Crippen LogP contribution in [0, 0.1) is 11.7 Å². The maximum Gasteiger partial charge on any atom is 0.306 e. The van der Waals surface area contributed by atoms with Gasteiger partial charge in [0.05, 0.1) is 42.6 Å². The molecule has 3 aromatic heterocycles. The summed E-state index contributed by atoms with van der Waals surface area (Å²) in [6, 6.07) is 3.30. The minimum absolute atomic E-state index is 0.0990. The number of aliphatic hydroxyl groups is 1. The van der Waals surface area contributed by atoms with Gasteiger partial charge in [0.15, 0.2) is 0 Å². The normalized spacial score (nSPS) is 17.9. The van der Waals surface area contributed by atoms with Gasteiger partial charge in [-0.05, 0) is 49.9 Å². The fourth-order valence-electron chi connectivity index (χ4n) is 5.12. The molecule has 0 spiro atoms. The number of aliphatic hydroxyl groups excluding tert-OH is 1. The molecule has 43 heavy (non-hydrogen) atoms. The van der Waals surface area contributed by atoms with Crippen molar-refractivity contribution in [2.45, 2.75) is 44.3 Å². The van der Waals surface area contributed by atoms with E-state index in [2.05, 4.69) is 25.7 Å². The molecule has 13 nitrogen and oxygen atoms in total. The van der Waals surface area contributed by atoms with Gasteiger partial charge in [0.1, 0.15) is 29.5 Å². The molecule has 1 fully saturated rings. The molecular formula is C28H29ClFN7O6. The Hall–Kier alpha value is -4.56. The Balaban J connectivity index is 1.37. The van der Waals surface area contributed by atoms with Crippen LogP contribution in [0.15, 0.2) is 47.8 Å². The summed E-state index contributed by atoms with van der Waals surface area (Å²) in [6.07, 6.45) is 5.89. The van der Waals surface area contributed by atoms with Gasteiger partial charge in [-0.15, -0.1) is 0 Å².